The molecule has 1 amide bonds. The van der Waals surface area contributed by atoms with E-state index in [1.807, 2.05) is 48.5 Å². The molecule has 0 aliphatic carbocycles. The largest absolute Gasteiger partial charge is 0.364 e. The Labute approximate surface area is 136 Å². The molecule has 4 aromatic rings. The molecule has 0 aliphatic rings. The van der Waals surface area contributed by atoms with Crippen molar-refractivity contribution in [2.24, 2.45) is 5.73 Å². The summed E-state index contributed by atoms with van der Waals surface area (Å²) in [5.41, 5.74) is 6.77. The number of nitrogens with zero attached hydrogens (tertiary/aromatic N) is 2. The predicted molar refractivity (Wildman–Crippen MR) is 90.4 cm³/mol. The number of halogens is 1. The lowest BCUT2D eigenvalue weighted by molar-refractivity contribution is 0.0996. The van der Waals surface area contributed by atoms with Gasteiger partial charge in [-0.15, -0.1) is 0 Å². The number of primary amides is 1. The van der Waals surface area contributed by atoms with Crippen LogP contribution in [-0.4, -0.2) is 21.3 Å². The van der Waals surface area contributed by atoms with Crippen LogP contribution in [0.4, 0.5) is 0 Å². The zero-order valence-electron chi connectivity index (χ0n) is 11.9. The summed E-state index contributed by atoms with van der Waals surface area (Å²) in [4.78, 5) is 11.7. The van der Waals surface area contributed by atoms with Crippen LogP contribution in [0.25, 0.3) is 32.8 Å². The molecule has 6 heteroatoms. The molecule has 0 aliphatic heterocycles. The van der Waals surface area contributed by atoms with Gasteiger partial charge in [-0.1, -0.05) is 60.1 Å². The first kappa shape index (κ1) is 13.7. The first-order valence-electron chi connectivity index (χ1n) is 6.98. The predicted octanol–water partition coefficient (Wildman–Crippen LogP) is 3.53. The SMILES string of the molecule is NC(=O)c1n[nH]nc1-c1c2ccccc2c(Cl)c2ccccc12. The number of aromatic nitrogens is 3. The number of carbonyl (C=O) groups is 1. The molecule has 3 N–H and O–H groups in total. The Balaban J connectivity index is 2.26. The summed E-state index contributed by atoms with van der Waals surface area (Å²) in [6.45, 7) is 0. The molecule has 0 saturated carbocycles. The Morgan fingerprint density at radius 3 is 1.96 bits per heavy atom. The lowest BCUT2D eigenvalue weighted by Gasteiger charge is -2.12. The molecule has 0 fully saturated rings. The third-order valence-corrected chi connectivity index (χ3v) is 4.29. The minimum Gasteiger partial charge on any atom is -0.364 e. The molecule has 1 aromatic heterocycles. The molecule has 3 aromatic carbocycles. The molecule has 4 rings (SSSR count). The van der Waals surface area contributed by atoms with Gasteiger partial charge in [-0.05, 0) is 10.8 Å². The van der Waals surface area contributed by atoms with E-state index in [9.17, 15) is 4.79 Å². The number of hydrogen-bond donors (Lipinski definition) is 2. The fraction of sp³-hybridized carbons (Fsp3) is 0. The molecule has 0 spiro atoms. The van der Waals surface area contributed by atoms with Gasteiger partial charge in [0.25, 0.3) is 5.91 Å². The first-order valence-corrected chi connectivity index (χ1v) is 7.36. The zero-order chi connectivity index (χ0) is 16.0. The van der Waals surface area contributed by atoms with Crippen LogP contribution in [-0.2, 0) is 0 Å². The van der Waals surface area contributed by atoms with Crippen LogP contribution in [0.3, 0.4) is 0 Å². The van der Waals surface area contributed by atoms with Crippen LogP contribution in [0.5, 0.6) is 0 Å². The van der Waals surface area contributed by atoms with Crippen molar-refractivity contribution in [3.8, 4) is 11.3 Å². The van der Waals surface area contributed by atoms with Crippen molar-refractivity contribution < 1.29 is 4.79 Å². The van der Waals surface area contributed by atoms with E-state index < -0.39 is 5.91 Å². The smallest absolute Gasteiger partial charge is 0.271 e. The summed E-state index contributed by atoms with van der Waals surface area (Å²) in [7, 11) is 0. The van der Waals surface area contributed by atoms with E-state index in [0.717, 1.165) is 27.1 Å². The third-order valence-electron chi connectivity index (χ3n) is 3.88. The van der Waals surface area contributed by atoms with Crippen molar-refractivity contribution >= 4 is 39.1 Å². The molecule has 1 heterocycles. The molecule has 5 nitrogen and oxygen atoms in total. The van der Waals surface area contributed by atoms with E-state index in [2.05, 4.69) is 15.4 Å². The standard InChI is InChI=1S/C17H11ClN4O/c18-14-11-7-3-1-5-9(11)13(10-6-2-4-8-12(10)14)15-16(17(19)23)21-22-20-15/h1-8H,(H2,19,23)(H,20,21,22). The molecular weight excluding hydrogens is 312 g/mol. The lowest BCUT2D eigenvalue weighted by atomic mass is 9.94. The number of H-pyrrole nitrogens is 1. The van der Waals surface area contributed by atoms with Crippen molar-refractivity contribution in [1.29, 1.82) is 0 Å². The number of carbonyl (C=O) groups excluding carboxylic acids is 1. The van der Waals surface area contributed by atoms with Crippen LogP contribution in [0.2, 0.25) is 5.02 Å². The summed E-state index contributed by atoms with van der Waals surface area (Å²) >= 11 is 6.57. The summed E-state index contributed by atoms with van der Waals surface area (Å²) < 4.78 is 0. The fourth-order valence-corrected chi connectivity index (χ4v) is 3.24. The summed E-state index contributed by atoms with van der Waals surface area (Å²) in [5, 5.41) is 14.8. The van der Waals surface area contributed by atoms with Crippen LogP contribution in [0.15, 0.2) is 48.5 Å². The van der Waals surface area contributed by atoms with Crippen LogP contribution >= 0.6 is 11.6 Å². The molecule has 0 atom stereocenters. The highest BCUT2D eigenvalue weighted by Gasteiger charge is 2.21. The number of nitrogens with two attached hydrogens (primary N) is 1. The van der Waals surface area contributed by atoms with Crippen LogP contribution in [0.1, 0.15) is 10.5 Å². The second-order valence-corrected chi connectivity index (χ2v) is 5.54. The van der Waals surface area contributed by atoms with Crippen LogP contribution < -0.4 is 5.73 Å². The van der Waals surface area contributed by atoms with E-state index in [0.29, 0.717) is 10.7 Å². The molecule has 0 radical (unpaired) electrons. The maximum absolute atomic E-state index is 11.7. The molecule has 0 saturated heterocycles. The number of rotatable bonds is 2. The Bertz CT molecular complexity index is 1010. The van der Waals surface area contributed by atoms with Gasteiger partial charge >= 0.3 is 0 Å². The average molecular weight is 323 g/mol. The van der Waals surface area contributed by atoms with E-state index in [4.69, 9.17) is 17.3 Å². The topological polar surface area (TPSA) is 84.7 Å². The second kappa shape index (κ2) is 5.07. The van der Waals surface area contributed by atoms with Crippen molar-refractivity contribution in [3.05, 3.63) is 59.2 Å². The number of hydrogen-bond acceptors (Lipinski definition) is 3. The van der Waals surface area contributed by atoms with Gasteiger partial charge in [0.15, 0.2) is 5.69 Å². The van der Waals surface area contributed by atoms with Crippen molar-refractivity contribution in [2.45, 2.75) is 0 Å². The highest BCUT2D eigenvalue weighted by atomic mass is 35.5. The van der Waals surface area contributed by atoms with E-state index in [-0.39, 0.29) is 5.69 Å². The summed E-state index contributed by atoms with van der Waals surface area (Å²) in [6, 6.07) is 15.5. The summed E-state index contributed by atoms with van der Waals surface area (Å²) in [6.07, 6.45) is 0. The van der Waals surface area contributed by atoms with Gasteiger partial charge in [0, 0.05) is 16.3 Å². The summed E-state index contributed by atoms with van der Waals surface area (Å²) in [5.74, 6) is -0.628. The Morgan fingerprint density at radius 2 is 1.43 bits per heavy atom. The molecule has 0 unspecified atom stereocenters. The van der Waals surface area contributed by atoms with Gasteiger partial charge in [0.2, 0.25) is 0 Å². The van der Waals surface area contributed by atoms with Gasteiger partial charge in [-0.3, -0.25) is 4.79 Å². The van der Waals surface area contributed by atoms with Crippen molar-refractivity contribution in [3.63, 3.8) is 0 Å². The maximum Gasteiger partial charge on any atom is 0.271 e. The monoisotopic (exact) mass is 322 g/mol. The number of benzene rings is 3. The normalized spacial score (nSPS) is 11.2. The van der Waals surface area contributed by atoms with E-state index >= 15 is 0 Å². The third kappa shape index (κ3) is 1.98. The zero-order valence-corrected chi connectivity index (χ0v) is 12.6. The van der Waals surface area contributed by atoms with Gasteiger partial charge < -0.3 is 5.73 Å². The van der Waals surface area contributed by atoms with Crippen LogP contribution in [0, 0.1) is 0 Å². The van der Waals surface area contributed by atoms with Crippen molar-refractivity contribution in [2.75, 3.05) is 0 Å². The highest BCUT2D eigenvalue weighted by Crippen LogP contribution is 2.41. The Kier molecular flexibility index (Phi) is 3.02. The highest BCUT2D eigenvalue weighted by molar-refractivity contribution is 6.42. The molecule has 112 valence electrons. The van der Waals surface area contributed by atoms with Gasteiger partial charge in [0.05, 0.1) is 5.02 Å². The minimum atomic E-state index is -0.628. The number of aromatic amines is 1. The Hall–Kier alpha value is -2.92. The van der Waals surface area contributed by atoms with Gasteiger partial charge in [-0.25, -0.2) is 0 Å². The lowest BCUT2D eigenvalue weighted by Crippen LogP contribution is -2.13. The second-order valence-electron chi connectivity index (χ2n) is 5.17. The van der Waals surface area contributed by atoms with Crippen molar-refractivity contribution in [1.82, 2.24) is 15.4 Å². The minimum absolute atomic E-state index is 0.114. The quantitative estimate of drug-likeness (QED) is 0.554. The molecule has 23 heavy (non-hydrogen) atoms. The fourth-order valence-electron chi connectivity index (χ4n) is 2.91. The van der Waals surface area contributed by atoms with E-state index in [1.165, 1.54) is 0 Å². The van der Waals surface area contributed by atoms with Gasteiger partial charge in [0.1, 0.15) is 5.69 Å². The number of fused-ring (bicyclic) bond motifs is 2. The average Bonchev–Trinajstić information content (AvgIpc) is 3.05. The molecule has 0 bridgehead atoms. The first-order chi connectivity index (χ1) is 11.2. The number of nitrogens with one attached hydrogen (secondary N) is 1. The maximum atomic E-state index is 11.7. The Morgan fingerprint density at radius 1 is 0.913 bits per heavy atom. The van der Waals surface area contributed by atoms with Gasteiger partial charge in [-0.2, -0.15) is 15.4 Å². The molecular formula is C17H11ClN4O. The van der Waals surface area contributed by atoms with E-state index in [1.54, 1.807) is 0 Å². The number of amides is 1.